The SMILES string of the molecule is FC(F)(F)c1ccc(CN2C3CC2CN(c2ccc4nncn4n2)C3)cc1. The zero-order valence-corrected chi connectivity index (χ0v) is 14.3. The van der Waals surface area contributed by atoms with E-state index in [4.69, 9.17) is 0 Å². The summed E-state index contributed by atoms with van der Waals surface area (Å²) in [4.78, 5) is 4.62. The first-order valence-electron chi connectivity index (χ1n) is 8.81. The molecule has 2 unspecified atom stereocenters. The fourth-order valence-corrected chi connectivity index (χ4v) is 4.03. The first kappa shape index (κ1) is 16.5. The number of rotatable bonds is 3. The van der Waals surface area contributed by atoms with Gasteiger partial charge >= 0.3 is 6.18 Å². The maximum atomic E-state index is 12.7. The molecule has 6 rings (SSSR count). The normalized spacial score (nSPS) is 22.9. The fourth-order valence-electron chi connectivity index (χ4n) is 4.03. The molecule has 3 aliphatic rings. The number of halogens is 3. The monoisotopic (exact) mass is 374 g/mol. The van der Waals surface area contributed by atoms with Crippen LogP contribution in [-0.4, -0.2) is 49.9 Å². The van der Waals surface area contributed by atoms with Crippen LogP contribution in [0.25, 0.3) is 5.65 Å². The van der Waals surface area contributed by atoms with Crippen molar-refractivity contribution in [2.24, 2.45) is 0 Å². The summed E-state index contributed by atoms with van der Waals surface area (Å²) in [5.74, 6) is 0.895. The highest BCUT2D eigenvalue weighted by molar-refractivity contribution is 5.46. The van der Waals surface area contributed by atoms with Crippen molar-refractivity contribution in [3.63, 3.8) is 0 Å². The second-order valence-electron chi connectivity index (χ2n) is 7.14. The van der Waals surface area contributed by atoms with Crippen molar-refractivity contribution in [3.05, 3.63) is 53.9 Å². The minimum absolute atomic E-state index is 0.393. The Morgan fingerprint density at radius 2 is 1.74 bits per heavy atom. The van der Waals surface area contributed by atoms with Gasteiger partial charge in [0, 0.05) is 31.7 Å². The van der Waals surface area contributed by atoms with Gasteiger partial charge in [-0.25, -0.2) is 0 Å². The van der Waals surface area contributed by atoms with E-state index in [9.17, 15) is 13.2 Å². The molecule has 3 fully saturated rings. The van der Waals surface area contributed by atoms with Crippen molar-refractivity contribution in [2.75, 3.05) is 18.0 Å². The van der Waals surface area contributed by atoms with Gasteiger partial charge in [-0.15, -0.1) is 15.3 Å². The summed E-state index contributed by atoms with van der Waals surface area (Å²) in [6.45, 7) is 2.40. The number of piperidine rings is 1. The summed E-state index contributed by atoms with van der Waals surface area (Å²) >= 11 is 0. The van der Waals surface area contributed by atoms with Crippen LogP contribution >= 0.6 is 0 Å². The minimum atomic E-state index is -4.29. The molecule has 3 aromatic rings. The Morgan fingerprint density at radius 1 is 1.00 bits per heavy atom. The van der Waals surface area contributed by atoms with Crippen molar-refractivity contribution in [1.29, 1.82) is 0 Å². The molecular formula is C18H17F3N6. The van der Waals surface area contributed by atoms with Crippen LogP contribution < -0.4 is 4.90 Å². The Bertz CT molecular complexity index is 955. The molecule has 2 atom stereocenters. The summed E-state index contributed by atoms with van der Waals surface area (Å²) < 4.78 is 39.8. The lowest BCUT2D eigenvalue weighted by atomic mass is 9.86. The van der Waals surface area contributed by atoms with E-state index in [0.29, 0.717) is 24.3 Å². The number of aromatic nitrogens is 4. The molecular weight excluding hydrogens is 357 g/mol. The summed E-state index contributed by atoms with van der Waals surface area (Å²) in [7, 11) is 0. The third-order valence-corrected chi connectivity index (χ3v) is 5.46. The molecule has 0 aliphatic carbocycles. The van der Waals surface area contributed by atoms with E-state index in [1.165, 1.54) is 0 Å². The van der Waals surface area contributed by atoms with Gasteiger partial charge in [0.05, 0.1) is 5.56 Å². The lowest BCUT2D eigenvalue weighted by Crippen LogP contribution is -2.68. The van der Waals surface area contributed by atoms with Gasteiger partial charge in [0.15, 0.2) is 5.65 Å². The van der Waals surface area contributed by atoms with E-state index in [1.54, 1.807) is 23.0 Å². The molecule has 0 spiro atoms. The standard InChI is InChI=1S/C18H17F3N6/c19-18(20,21)13-3-1-12(2-4-13)8-26-14-7-15(26)10-25(9-14)17-6-5-16-23-22-11-27(16)24-17/h1-6,11,14-15H,7-10H2. The van der Waals surface area contributed by atoms with Crippen molar-refractivity contribution < 1.29 is 13.2 Å². The minimum Gasteiger partial charge on any atom is -0.352 e. The quantitative estimate of drug-likeness (QED) is 0.705. The van der Waals surface area contributed by atoms with Crippen LogP contribution in [-0.2, 0) is 12.7 Å². The zero-order chi connectivity index (χ0) is 18.6. The highest BCUT2D eigenvalue weighted by atomic mass is 19.4. The maximum absolute atomic E-state index is 12.7. The van der Waals surface area contributed by atoms with Crippen LogP contribution in [0.2, 0.25) is 0 Å². The lowest BCUT2D eigenvalue weighted by Gasteiger charge is -2.56. The van der Waals surface area contributed by atoms with Crippen LogP contribution in [0.5, 0.6) is 0 Å². The Labute approximate surface area is 153 Å². The van der Waals surface area contributed by atoms with Gasteiger partial charge in [0.2, 0.25) is 0 Å². The predicted octanol–water partition coefficient (Wildman–Crippen LogP) is 2.61. The van der Waals surface area contributed by atoms with Crippen molar-refractivity contribution >= 4 is 11.5 Å². The second-order valence-corrected chi connectivity index (χ2v) is 7.14. The molecule has 0 amide bonds. The molecule has 2 bridgehead atoms. The average molecular weight is 374 g/mol. The lowest BCUT2D eigenvalue weighted by molar-refractivity contribution is -0.137. The maximum Gasteiger partial charge on any atom is 0.416 e. The Morgan fingerprint density at radius 3 is 2.44 bits per heavy atom. The average Bonchev–Trinajstić information content (AvgIpc) is 3.13. The summed E-state index contributed by atoms with van der Waals surface area (Å²) in [6, 6.07) is 10.1. The Kier molecular flexibility index (Phi) is 3.61. The smallest absolute Gasteiger partial charge is 0.352 e. The topological polar surface area (TPSA) is 49.6 Å². The van der Waals surface area contributed by atoms with Crippen molar-refractivity contribution in [1.82, 2.24) is 24.7 Å². The van der Waals surface area contributed by atoms with Crippen LogP contribution in [0.4, 0.5) is 19.0 Å². The van der Waals surface area contributed by atoms with E-state index >= 15 is 0 Å². The van der Waals surface area contributed by atoms with E-state index in [1.807, 2.05) is 12.1 Å². The van der Waals surface area contributed by atoms with Crippen molar-refractivity contribution in [3.8, 4) is 0 Å². The number of anilines is 1. The van der Waals surface area contributed by atoms with E-state index in [-0.39, 0.29) is 0 Å². The molecule has 5 heterocycles. The van der Waals surface area contributed by atoms with Gasteiger partial charge in [0.1, 0.15) is 12.1 Å². The van der Waals surface area contributed by atoms with Gasteiger partial charge in [-0.2, -0.15) is 17.7 Å². The summed E-state index contributed by atoms with van der Waals surface area (Å²) in [6.07, 6.45) is -1.59. The molecule has 0 saturated carbocycles. The Hall–Kier alpha value is -2.68. The highest BCUT2D eigenvalue weighted by Crippen LogP contribution is 2.36. The van der Waals surface area contributed by atoms with Crippen LogP contribution in [0, 0.1) is 0 Å². The molecule has 140 valence electrons. The third-order valence-electron chi connectivity index (χ3n) is 5.46. The third kappa shape index (κ3) is 2.91. The Balaban J connectivity index is 1.26. The predicted molar refractivity (Wildman–Crippen MR) is 92.2 cm³/mol. The van der Waals surface area contributed by atoms with Crippen LogP contribution in [0.1, 0.15) is 17.5 Å². The molecule has 3 aliphatic heterocycles. The van der Waals surface area contributed by atoms with Crippen molar-refractivity contribution in [2.45, 2.75) is 31.2 Å². The largest absolute Gasteiger partial charge is 0.416 e. The van der Waals surface area contributed by atoms with E-state index < -0.39 is 11.7 Å². The number of fused-ring (bicyclic) bond motifs is 3. The molecule has 2 aromatic heterocycles. The number of nitrogens with zero attached hydrogens (tertiary/aromatic N) is 6. The second kappa shape index (κ2) is 5.91. The molecule has 6 nitrogen and oxygen atoms in total. The molecule has 0 N–H and O–H groups in total. The number of hydrogen-bond acceptors (Lipinski definition) is 5. The molecule has 0 radical (unpaired) electrons. The van der Waals surface area contributed by atoms with E-state index in [0.717, 1.165) is 43.0 Å². The van der Waals surface area contributed by atoms with Gasteiger partial charge in [-0.1, -0.05) is 12.1 Å². The molecule has 27 heavy (non-hydrogen) atoms. The number of piperazine rings is 1. The first-order valence-corrected chi connectivity index (χ1v) is 8.81. The molecule has 9 heteroatoms. The van der Waals surface area contributed by atoms with Gasteiger partial charge in [-0.3, -0.25) is 4.90 Å². The number of alkyl halides is 3. The fraction of sp³-hybridized carbons (Fsp3) is 0.389. The van der Waals surface area contributed by atoms with Gasteiger partial charge in [-0.05, 0) is 36.2 Å². The van der Waals surface area contributed by atoms with Gasteiger partial charge in [0.25, 0.3) is 0 Å². The highest BCUT2D eigenvalue weighted by Gasteiger charge is 2.44. The van der Waals surface area contributed by atoms with Crippen LogP contribution in [0.3, 0.4) is 0 Å². The molecule has 1 aromatic carbocycles. The number of hydrogen-bond donors (Lipinski definition) is 0. The van der Waals surface area contributed by atoms with Gasteiger partial charge < -0.3 is 4.90 Å². The molecule has 3 saturated heterocycles. The number of benzene rings is 1. The first-order chi connectivity index (χ1) is 13.0. The van der Waals surface area contributed by atoms with E-state index in [2.05, 4.69) is 25.1 Å². The van der Waals surface area contributed by atoms with Crippen LogP contribution in [0.15, 0.2) is 42.7 Å². The summed E-state index contributed by atoms with van der Waals surface area (Å²) in [5, 5.41) is 12.4. The zero-order valence-electron chi connectivity index (χ0n) is 14.3. The summed E-state index contributed by atoms with van der Waals surface area (Å²) in [5.41, 5.74) is 1.02.